The van der Waals surface area contributed by atoms with E-state index in [0.29, 0.717) is 6.54 Å². The molecule has 18 heavy (non-hydrogen) atoms. The molecule has 0 radical (unpaired) electrons. The van der Waals surface area contributed by atoms with Crippen LogP contribution in [0.3, 0.4) is 0 Å². The van der Waals surface area contributed by atoms with Gasteiger partial charge in [0.1, 0.15) is 0 Å². The van der Waals surface area contributed by atoms with E-state index in [1.54, 1.807) is 11.3 Å². The minimum Gasteiger partial charge on any atom is -0.313 e. The molecular formula is C12H20N2O2S2. The van der Waals surface area contributed by atoms with Crippen LogP contribution in [-0.4, -0.2) is 26.8 Å². The Labute approximate surface area is 113 Å². The SMILES string of the molecule is Cc1ccc(CNS(=O)(=O)CC2CCCCN2)s1. The standard InChI is InChI=1S/C12H20N2O2S2/c1-10-5-6-12(17-10)8-14-18(15,16)9-11-4-2-3-7-13-11/h5-6,11,13-14H,2-4,7-9H2,1H3. The van der Waals surface area contributed by atoms with E-state index in [4.69, 9.17) is 0 Å². The number of thiophene rings is 1. The van der Waals surface area contributed by atoms with Gasteiger partial charge in [0.25, 0.3) is 0 Å². The maximum Gasteiger partial charge on any atom is 0.213 e. The van der Waals surface area contributed by atoms with E-state index in [-0.39, 0.29) is 11.8 Å². The average Bonchev–Trinajstić information content (AvgIpc) is 2.74. The van der Waals surface area contributed by atoms with Crippen molar-refractivity contribution in [2.75, 3.05) is 12.3 Å². The molecule has 0 spiro atoms. The second kappa shape index (κ2) is 6.14. The highest BCUT2D eigenvalue weighted by Gasteiger charge is 2.20. The zero-order valence-electron chi connectivity index (χ0n) is 10.6. The highest BCUT2D eigenvalue weighted by molar-refractivity contribution is 7.89. The summed E-state index contributed by atoms with van der Waals surface area (Å²) in [4.78, 5) is 2.27. The first-order valence-electron chi connectivity index (χ1n) is 6.31. The third-order valence-electron chi connectivity index (χ3n) is 3.10. The maximum absolute atomic E-state index is 11.9. The predicted octanol–water partition coefficient (Wildman–Crippen LogP) is 1.62. The van der Waals surface area contributed by atoms with E-state index >= 15 is 0 Å². The van der Waals surface area contributed by atoms with Crippen LogP contribution in [0.2, 0.25) is 0 Å². The van der Waals surface area contributed by atoms with Crippen LogP contribution in [0, 0.1) is 6.92 Å². The van der Waals surface area contributed by atoms with E-state index in [9.17, 15) is 8.42 Å². The van der Waals surface area contributed by atoms with Crippen LogP contribution in [0.1, 0.15) is 29.0 Å². The Morgan fingerprint density at radius 1 is 1.44 bits per heavy atom. The molecule has 1 atom stereocenters. The zero-order chi connectivity index (χ0) is 13.0. The Hall–Kier alpha value is -0.430. The number of nitrogens with one attached hydrogen (secondary N) is 2. The number of hydrogen-bond acceptors (Lipinski definition) is 4. The van der Waals surface area contributed by atoms with Crippen molar-refractivity contribution in [3.05, 3.63) is 21.9 Å². The van der Waals surface area contributed by atoms with Gasteiger partial charge in [-0.3, -0.25) is 0 Å². The van der Waals surface area contributed by atoms with Crippen molar-refractivity contribution in [2.45, 2.75) is 38.8 Å². The normalized spacial score (nSPS) is 21.1. The van der Waals surface area contributed by atoms with Gasteiger partial charge >= 0.3 is 0 Å². The second-order valence-corrected chi connectivity index (χ2v) is 7.99. The summed E-state index contributed by atoms with van der Waals surface area (Å²) in [5, 5.41) is 3.26. The lowest BCUT2D eigenvalue weighted by Gasteiger charge is -2.23. The molecule has 102 valence electrons. The summed E-state index contributed by atoms with van der Waals surface area (Å²) in [6.07, 6.45) is 3.23. The van der Waals surface area contributed by atoms with Gasteiger partial charge in [-0.1, -0.05) is 6.42 Å². The molecule has 1 saturated heterocycles. The Morgan fingerprint density at radius 2 is 2.28 bits per heavy atom. The molecule has 0 saturated carbocycles. The van der Waals surface area contributed by atoms with Crippen molar-refractivity contribution in [3.63, 3.8) is 0 Å². The van der Waals surface area contributed by atoms with Gasteiger partial charge in [0.05, 0.1) is 5.75 Å². The molecule has 1 aromatic rings. The van der Waals surface area contributed by atoms with E-state index < -0.39 is 10.0 Å². The van der Waals surface area contributed by atoms with Crippen molar-refractivity contribution < 1.29 is 8.42 Å². The van der Waals surface area contributed by atoms with Gasteiger partial charge in [0, 0.05) is 22.3 Å². The van der Waals surface area contributed by atoms with Gasteiger partial charge in [0.15, 0.2) is 0 Å². The van der Waals surface area contributed by atoms with Crippen LogP contribution in [-0.2, 0) is 16.6 Å². The number of rotatable bonds is 5. The Bertz CT molecular complexity index is 476. The zero-order valence-corrected chi connectivity index (χ0v) is 12.2. The lowest BCUT2D eigenvalue weighted by atomic mass is 10.1. The molecule has 2 heterocycles. The largest absolute Gasteiger partial charge is 0.313 e. The van der Waals surface area contributed by atoms with Gasteiger partial charge in [-0.05, 0) is 38.4 Å². The van der Waals surface area contributed by atoms with Gasteiger partial charge in [-0.15, -0.1) is 11.3 Å². The maximum atomic E-state index is 11.9. The fourth-order valence-corrected chi connectivity index (χ4v) is 4.38. The Balaban J connectivity index is 1.83. The van der Waals surface area contributed by atoms with E-state index in [1.165, 1.54) is 4.88 Å². The summed E-state index contributed by atoms with van der Waals surface area (Å²) < 4.78 is 26.5. The molecule has 2 N–H and O–H groups in total. The molecule has 0 bridgehead atoms. The van der Waals surface area contributed by atoms with E-state index in [1.807, 2.05) is 19.1 Å². The minimum atomic E-state index is -3.18. The van der Waals surface area contributed by atoms with Gasteiger partial charge in [-0.25, -0.2) is 13.1 Å². The van der Waals surface area contributed by atoms with Crippen molar-refractivity contribution in [3.8, 4) is 0 Å². The van der Waals surface area contributed by atoms with E-state index in [2.05, 4.69) is 10.0 Å². The monoisotopic (exact) mass is 288 g/mol. The summed E-state index contributed by atoms with van der Waals surface area (Å²) in [6.45, 7) is 3.37. The number of sulfonamides is 1. The van der Waals surface area contributed by atoms with Crippen LogP contribution in [0.15, 0.2) is 12.1 Å². The smallest absolute Gasteiger partial charge is 0.213 e. The van der Waals surface area contributed by atoms with Gasteiger partial charge < -0.3 is 5.32 Å². The molecular weight excluding hydrogens is 268 g/mol. The first-order valence-corrected chi connectivity index (χ1v) is 8.78. The summed E-state index contributed by atoms with van der Waals surface area (Å²) in [5.74, 6) is 0.192. The molecule has 0 aliphatic carbocycles. The molecule has 2 rings (SSSR count). The highest BCUT2D eigenvalue weighted by atomic mass is 32.2. The van der Waals surface area contributed by atoms with Crippen LogP contribution in [0.4, 0.5) is 0 Å². The van der Waals surface area contributed by atoms with Crippen LogP contribution in [0.25, 0.3) is 0 Å². The third-order valence-corrected chi connectivity index (χ3v) is 5.52. The van der Waals surface area contributed by atoms with Crippen LogP contribution >= 0.6 is 11.3 Å². The third kappa shape index (κ3) is 4.35. The molecule has 1 aromatic heterocycles. The summed E-state index contributed by atoms with van der Waals surface area (Å²) >= 11 is 1.63. The Kier molecular flexibility index (Phi) is 4.77. The van der Waals surface area contributed by atoms with Crippen molar-refractivity contribution in [1.82, 2.24) is 10.0 Å². The first-order chi connectivity index (χ1) is 8.55. The topological polar surface area (TPSA) is 58.2 Å². The predicted molar refractivity (Wildman–Crippen MR) is 75.3 cm³/mol. The summed E-state index contributed by atoms with van der Waals surface area (Å²) in [6, 6.07) is 4.10. The fraction of sp³-hybridized carbons (Fsp3) is 0.667. The molecule has 1 aliphatic heterocycles. The molecule has 6 heteroatoms. The minimum absolute atomic E-state index is 0.112. The fourth-order valence-electron chi connectivity index (χ4n) is 2.15. The van der Waals surface area contributed by atoms with Crippen LogP contribution < -0.4 is 10.0 Å². The quantitative estimate of drug-likeness (QED) is 0.865. The van der Waals surface area contributed by atoms with Gasteiger partial charge in [0.2, 0.25) is 10.0 Å². The molecule has 0 aromatic carbocycles. The lowest BCUT2D eigenvalue weighted by Crippen LogP contribution is -2.42. The van der Waals surface area contributed by atoms with Crippen molar-refractivity contribution in [1.29, 1.82) is 0 Å². The second-order valence-electron chi connectivity index (χ2n) is 4.76. The summed E-state index contributed by atoms with van der Waals surface area (Å²) in [7, 11) is -3.18. The highest BCUT2D eigenvalue weighted by Crippen LogP contribution is 2.15. The lowest BCUT2D eigenvalue weighted by molar-refractivity contribution is 0.422. The molecule has 1 aliphatic rings. The summed E-state index contributed by atoms with van der Waals surface area (Å²) in [5.41, 5.74) is 0. The molecule has 0 amide bonds. The molecule has 1 fully saturated rings. The van der Waals surface area contributed by atoms with Gasteiger partial charge in [-0.2, -0.15) is 0 Å². The average molecular weight is 288 g/mol. The van der Waals surface area contributed by atoms with E-state index in [0.717, 1.165) is 30.7 Å². The van der Waals surface area contributed by atoms with Crippen molar-refractivity contribution in [2.24, 2.45) is 0 Å². The number of hydrogen-bond donors (Lipinski definition) is 2. The van der Waals surface area contributed by atoms with Crippen LogP contribution in [0.5, 0.6) is 0 Å². The number of piperidine rings is 1. The van der Waals surface area contributed by atoms with Crippen molar-refractivity contribution >= 4 is 21.4 Å². The first kappa shape index (κ1) is 14.0. The molecule has 4 nitrogen and oxygen atoms in total. The Morgan fingerprint density at radius 3 is 2.89 bits per heavy atom. The number of aryl methyl sites for hydroxylation is 1. The molecule has 1 unspecified atom stereocenters.